The molecule has 0 aliphatic carbocycles. The molecule has 0 atom stereocenters. The van der Waals surface area contributed by atoms with Crippen molar-refractivity contribution in [3.8, 4) is 5.69 Å². The van der Waals surface area contributed by atoms with Crippen LogP contribution >= 0.6 is 15.9 Å². The first-order valence-electron chi connectivity index (χ1n) is 5.21. The average Bonchev–Trinajstić information content (AvgIpc) is 2.67. The number of amidine groups is 1. The van der Waals surface area contributed by atoms with Crippen LogP contribution in [0.5, 0.6) is 0 Å². The quantitative estimate of drug-likeness (QED) is 0.383. The molecule has 0 amide bonds. The van der Waals surface area contributed by atoms with E-state index in [0.717, 1.165) is 16.0 Å². The molecule has 6 nitrogen and oxygen atoms in total. The van der Waals surface area contributed by atoms with Crippen LogP contribution in [0.25, 0.3) is 5.69 Å². The van der Waals surface area contributed by atoms with Gasteiger partial charge in [0.25, 0.3) is 0 Å². The van der Waals surface area contributed by atoms with Gasteiger partial charge in [-0.2, -0.15) is 5.10 Å². The lowest BCUT2D eigenvalue weighted by molar-refractivity contribution is 0.318. The lowest BCUT2D eigenvalue weighted by atomic mass is 10.2. The lowest BCUT2D eigenvalue weighted by Crippen LogP contribution is -2.14. The topological polar surface area (TPSA) is 89.3 Å². The highest BCUT2D eigenvalue weighted by Crippen LogP contribution is 2.21. The Balaban J connectivity index is 2.50. The van der Waals surface area contributed by atoms with Crippen LogP contribution < -0.4 is 5.73 Å². The fourth-order valence-corrected chi connectivity index (χ4v) is 2.23. The number of aromatic nitrogens is 3. The van der Waals surface area contributed by atoms with Gasteiger partial charge in [-0.05, 0) is 48.0 Å². The predicted octanol–water partition coefficient (Wildman–Crippen LogP) is 1.74. The normalized spacial score (nSPS) is 11.8. The molecule has 0 aliphatic heterocycles. The second kappa shape index (κ2) is 4.77. The Morgan fingerprint density at radius 3 is 2.67 bits per heavy atom. The molecule has 0 unspecified atom stereocenters. The summed E-state index contributed by atoms with van der Waals surface area (Å²) < 4.78 is 2.46. The lowest BCUT2D eigenvalue weighted by Gasteiger charge is -2.07. The predicted molar refractivity (Wildman–Crippen MR) is 71.0 cm³/mol. The summed E-state index contributed by atoms with van der Waals surface area (Å²) in [5.41, 5.74) is 7.03. The Labute approximate surface area is 112 Å². The molecule has 0 saturated heterocycles. The van der Waals surface area contributed by atoms with Crippen LogP contribution in [0, 0.1) is 13.8 Å². The molecule has 18 heavy (non-hydrogen) atoms. The SMILES string of the molecule is Cc1nc(C)n(-c2ccc(/C(N)=N/O)c(Br)c2)n1. The van der Waals surface area contributed by atoms with E-state index >= 15 is 0 Å². The monoisotopic (exact) mass is 309 g/mol. The van der Waals surface area contributed by atoms with E-state index in [1.807, 2.05) is 26.0 Å². The minimum Gasteiger partial charge on any atom is -0.409 e. The van der Waals surface area contributed by atoms with Crippen molar-refractivity contribution in [1.82, 2.24) is 14.8 Å². The van der Waals surface area contributed by atoms with Crippen molar-refractivity contribution in [2.45, 2.75) is 13.8 Å². The van der Waals surface area contributed by atoms with Crippen molar-refractivity contribution in [1.29, 1.82) is 0 Å². The Kier molecular flexibility index (Phi) is 3.33. The van der Waals surface area contributed by atoms with E-state index in [2.05, 4.69) is 31.2 Å². The van der Waals surface area contributed by atoms with E-state index in [1.165, 1.54) is 0 Å². The van der Waals surface area contributed by atoms with Gasteiger partial charge in [0.05, 0.1) is 5.69 Å². The molecule has 1 aromatic carbocycles. The Bertz CT molecular complexity index is 620. The molecule has 94 valence electrons. The highest BCUT2D eigenvalue weighted by atomic mass is 79.9. The maximum absolute atomic E-state index is 8.66. The third-order valence-electron chi connectivity index (χ3n) is 2.46. The van der Waals surface area contributed by atoms with Crippen LogP contribution in [0.4, 0.5) is 0 Å². The van der Waals surface area contributed by atoms with Gasteiger partial charge < -0.3 is 10.9 Å². The van der Waals surface area contributed by atoms with Crippen LogP contribution in [-0.4, -0.2) is 25.8 Å². The maximum Gasteiger partial charge on any atom is 0.171 e. The van der Waals surface area contributed by atoms with Crippen molar-refractivity contribution >= 4 is 21.8 Å². The van der Waals surface area contributed by atoms with Gasteiger partial charge in [-0.25, -0.2) is 9.67 Å². The summed E-state index contributed by atoms with van der Waals surface area (Å²) in [6.07, 6.45) is 0. The van der Waals surface area contributed by atoms with Crippen molar-refractivity contribution in [2.75, 3.05) is 0 Å². The molecule has 0 saturated carbocycles. The van der Waals surface area contributed by atoms with Gasteiger partial charge in [0, 0.05) is 10.0 Å². The van der Waals surface area contributed by atoms with E-state index in [4.69, 9.17) is 10.9 Å². The van der Waals surface area contributed by atoms with Crippen molar-refractivity contribution in [3.05, 3.63) is 39.9 Å². The van der Waals surface area contributed by atoms with E-state index in [9.17, 15) is 0 Å². The smallest absolute Gasteiger partial charge is 0.171 e. The Morgan fingerprint density at radius 2 is 2.17 bits per heavy atom. The van der Waals surface area contributed by atoms with Gasteiger partial charge in [-0.1, -0.05) is 5.16 Å². The van der Waals surface area contributed by atoms with Gasteiger partial charge >= 0.3 is 0 Å². The number of oxime groups is 1. The van der Waals surface area contributed by atoms with Gasteiger partial charge in [0.1, 0.15) is 11.6 Å². The maximum atomic E-state index is 8.66. The van der Waals surface area contributed by atoms with Gasteiger partial charge in [0.15, 0.2) is 5.84 Å². The first-order valence-corrected chi connectivity index (χ1v) is 6.00. The van der Waals surface area contributed by atoms with Crippen LogP contribution in [0.15, 0.2) is 27.8 Å². The second-order valence-electron chi connectivity index (χ2n) is 3.77. The molecule has 1 heterocycles. The van der Waals surface area contributed by atoms with Crippen molar-refractivity contribution < 1.29 is 5.21 Å². The fraction of sp³-hybridized carbons (Fsp3) is 0.182. The third kappa shape index (κ3) is 2.21. The number of aryl methyl sites for hydroxylation is 2. The van der Waals surface area contributed by atoms with E-state index < -0.39 is 0 Å². The molecule has 2 aromatic rings. The minimum absolute atomic E-state index is 0.0555. The summed E-state index contributed by atoms with van der Waals surface area (Å²) in [6.45, 7) is 3.72. The van der Waals surface area contributed by atoms with Crippen molar-refractivity contribution in [2.24, 2.45) is 10.9 Å². The van der Waals surface area contributed by atoms with E-state index in [1.54, 1.807) is 10.7 Å². The molecule has 0 fully saturated rings. The average molecular weight is 310 g/mol. The number of hydrogen-bond acceptors (Lipinski definition) is 4. The molecule has 7 heteroatoms. The standard InChI is InChI=1S/C11H12BrN5O/c1-6-14-7(2)17(15-6)8-3-4-9(10(12)5-8)11(13)16-18/h3-5,18H,1-2H3,(H2,13,16). The zero-order valence-corrected chi connectivity index (χ0v) is 11.5. The van der Waals surface area contributed by atoms with Gasteiger partial charge in [0.2, 0.25) is 0 Å². The molecule has 3 N–H and O–H groups in total. The Morgan fingerprint density at radius 1 is 1.44 bits per heavy atom. The number of benzene rings is 1. The first-order chi connectivity index (χ1) is 8.52. The van der Waals surface area contributed by atoms with Crippen LogP contribution in [-0.2, 0) is 0 Å². The summed E-state index contributed by atoms with van der Waals surface area (Å²) in [4.78, 5) is 4.24. The number of hydrogen-bond donors (Lipinski definition) is 2. The Hall–Kier alpha value is -1.89. The third-order valence-corrected chi connectivity index (χ3v) is 3.11. The molecular formula is C11H12BrN5O. The highest BCUT2D eigenvalue weighted by molar-refractivity contribution is 9.10. The van der Waals surface area contributed by atoms with E-state index in [-0.39, 0.29) is 5.84 Å². The zero-order valence-electron chi connectivity index (χ0n) is 9.92. The number of halogens is 1. The molecule has 0 aliphatic rings. The summed E-state index contributed by atoms with van der Waals surface area (Å²) in [7, 11) is 0. The molecule has 0 radical (unpaired) electrons. The zero-order chi connectivity index (χ0) is 13.3. The molecule has 1 aromatic heterocycles. The summed E-state index contributed by atoms with van der Waals surface area (Å²) >= 11 is 3.38. The second-order valence-corrected chi connectivity index (χ2v) is 4.62. The number of nitrogens with zero attached hydrogens (tertiary/aromatic N) is 4. The molecular weight excluding hydrogens is 298 g/mol. The summed E-state index contributed by atoms with van der Waals surface area (Å²) in [5, 5.41) is 15.9. The van der Waals surface area contributed by atoms with Crippen molar-refractivity contribution in [3.63, 3.8) is 0 Å². The van der Waals surface area contributed by atoms with E-state index in [0.29, 0.717) is 11.4 Å². The first kappa shape index (κ1) is 12.6. The highest BCUT2D eigenvalue weighted by Gasteiger charge is 2.09. The molecule has 2 rings (SSSR count). The summed E-state index contributed by atoms with van der Waals surface area (Å²) in [6, 6.07) is 5.43. The van der Waals surface area contributed by atoms with Gasteiger partial charge in [-0.15, -0.1) is 0 Å². The van der Waals surface area contributed by atoms with Crippen LogP contribution in [0.1, 0.15) is 17.2 Å². The summed E-state index contributed by atoms with van der Waals surface area (Å²) in [5.74, 6) is 1.57. The molecule has 0 spiro atoms. The number of nitrogens with two attached hydrogens (primary N) is 1. The minimum atomic E-state index is 0.0555. The largest absolute Gasteiger partial charge is 0.409 e. The number of rotatable bonds is 2. The fourth-order valence-electron chi connectivity index (χ4n) is 1.66. The van der Waals surface area contributed by atoms with Crippen LogP contribution in [0.3, 0.4) is 0 Å². The van der Waals surface area contributed by atoms with Crippen LogP contribution in [0.2, 0.25) is 0 Å². The van der Waals surface area contributed by atoms with Gasteiger partial charge in [-0.3, -0.25) is 0 Å². The molecule has 0 bridgehead atoms.